The monoisotopic (exact) mass is 428 g/mol. The first-order valence-electron chi connectivity index (χ1n) is 9.01. The van der Waals surface area contributed by atoms with Gasteiger partial charge in [0.15, 0.2) is 18.1 Å². The minimum absolute atomic E-state index is 0.0961. The summed E-state index contributed by atoms with van der Waals surface area (Å²) in [6, 6.07) is 13.2. The fourth-order valence-corrected chi connectivity index (χ4v) is 2.50. The number of rotatable bonds is 8. The van der Waals surface area contributed by atoms with Crippen LogP contribution >= 0.6 is 11.6 Å². The lowest BCUT2D eigenvalue weighted by atomic mass is 10.1. The lowest BCUT2D eigenvalue weighted by Gasteiger charge is -2.12. The van der Waals surface area contributed by atoms with E-state index in [1.807, 2.05) is 6.07 Å². The van der Waals surface area contributed by atoms with Crippen molar-refractivity contribution >= 4 is 35.2 Å². The number of methoxy groups -OCH3 is 1. The van der Waals surface area contributed by atoms with Crippen molar-refractivity contribution in [3.05, 3.63) is 58.6 Å². The number of hydrogen-bond donors (Lipinski definition) is 1. The van der Waals surface area contributed by atoms with Crippen LogP contribution in [0.2, 0.25) is 5.02 Å². The molecule has 0 radical (unpaired) electrons. The van der Waals surface area contributed by atoms with Gasteiger partial charge in [0.2, 0.25) is 0 Å². The molecule has 2 aromatic carbocycles. The van der Waals surface area contributed by atoms with Crippen molar-refractivity contribution in [2.24, 2.45) is 0 Å². The first-order valence-corrected chi connectivity index (χ1v) is 9.39. The van der Waals surface area contributed by atoms with Crippen molar-refractivity contribution < 1.29 is 23.8 Å². The number of amides is 1. The van der Waals surface area contributed by atoms with Crippen molar-refractivity contribution in [2.75, 3.05) is 19.0 Å². The second-order valence-corrected chi connectivity index (χ2v) is 6.80. The summed E-state index contributed by atoms with van der Waals surface area (Å²) in [5.41, 5.74) is 0.966. The van der Waals surface area contributed by atoms with Crippen molar-refractivity contribution in [3.63, 3.8) is 0 Å². The van der Waals surface area contributed by atoms with Crippen LogP contribution in [0.15, 0.2) is 48.0 Å². The highest BCUT2D eigenvalue weighted by molar-refractivity contribution is 6.30. The summed E-state index contributed by atoms with van der Waals surface area (Å²) in [5, 5.41) is 12.5. The van der Waals surface area contributed by atoms with Crippen molar-refractivity contribution in [3.8, 4) is 17.6 Å². The Kier molecular flexibility index (Phi) is 8.27. The lowest BCUT2D eigenvalue weighted by molar-refractivity contribution is -0.149. The topological polar surface area (TPSA) is 97.6 Å². The van der Waals surface area contributed by atoms with Gasteiger partial charge in [-0.05, 0) is 61.9 Å². The van der Waals surface area contributed by atoms with Crippen LogP contribution in [-0.4, -0.2) is 31.7 Å². The van der Waals surface area contributed by atoms with Gasteiger partial charge in [-0.2, -0.15) is 5.26 Å². The van der Waals surface area contributed by atoms with E-state index in [0.717, 1.165) is 0 Å². The summed E-state index contributed by atoms with van der Waals surface area (Å²) in [4.78, 5) is 24.0. The van der Waals surface area contributed by atoms with Crippen LogP contribution in [0.25, 0.3) is 6.08 Å². The highest BCUT2D eigenvalue weighted by atomic mass is 35.5. The third-order valence-corrected chi connectivity index (χ3v) is 3.93. The maximum atomic E-state index is 12.4. The molecule has 30 heavy (non-hydrogen) atoms. The Morgan fingerprint density at radius 1 is 1.17 bits per heavy atom. The average Bonchev–Trinajstić information content (AvgIpc) is 2.71. The molecule has 1 N–H and O–H groups in total. The van der Waals surface area contributed by atoms with E-state index in [2.05, 4.69) is 5.32 Å². The van der Waals surface area contributed by atoms with Crippen molar-refractivity contribution in [1.29, 1.82) is 5.26 Å². The number of esters is 1. The molecular weight excluding hydrogens is 408 g/mol. The molecular formula is C22H21ClN2O5. The summed E-state index contributed by atoms with van der Waals surface area (Å²) in [6.07, 6.45) is 1.18. The molecule has 8 heteroatoms. The fraction of sp³-hybridized carbons (Fsp3) is 0.227. The standard InChI is InChI=1S/C22H21ClN2O5/c1-14(2)30-21(26)13-29-19-9-4-15(11-20(19)28-3)10-16(12-24)22(27)25-18-7-5-17(23)6-8-18/h4-11,14H,13H2,1-3H3,(H,25,27)/b16-10-. The molecule has 0 aliphatic heterocycles. The summed E-state index contributed by atoms with van der Waals surface area (Å²) in [7, 11) is 1.45. The normalized spacial score (nSPS) is 10.9. The van der Waals surface area contributed by atoms with Crippen LogP contribution in [0, 0.1) is 11.3 Å². The van der Waals surface area contributed by atoms with Gasteiger partial charge in [0.05, 0.1) is 13.2 Å². The Labute approximate surface area is 179 Å². The molecule has 0 aromatic heterocycles. The number of hydrogen-bond acceptors (Lipinski definition) is 6. The predicted molar refractivity (Wildman–Crippen MR) is 113 cm³/mol. The maximum Gasteiger partial charge on any atom is 0.344 e. The molecule has 0 atom stereocenters. The van der Waals surface area contributed by atoms with Crippen LogP contribution in [0.3, 0.4) is 0 Å². The lowest BCUT2D eigenvalue weighted by Crippen LogP contribution is -2.18. The summed E-state index contributed by atoms with van der Waals surface area (Å²) < 4.78 is 15.7. The number of halogens is 1. The Morgan fingerprint density at radius 3 is 2.47 bits per heavy atom. The zero-order valence-electron chi connectivity index (χ0n) is 16.8. The molecule has 0 spiro atoms. The zero-order chi connectivity index (χ0) is 22.1. The predicted octanol–water partition coefficient (Wildman–Crippen LogP) is 4.22. The highest BCUT2D eigenvalue weighted by Gasteiger charge is 2.13. The summed E-state index contributed by atoms with van der Waals surface area (Å²) in [6.45, 7) is 3.22. The maximum absolute atomic E-state index is 12.4. The van der Waals surface area contributed by atoms with Gasteiger partial charge < -0.3 is 19.5 Å². The van der Waals surface area contributed by atoms with E-state index in [0.29, 0.717) is 27.8 Å². The number of nitrogens with one attached hydrogen (secondary N) is 1. The van der Waals surface area contributed by atoms with Crippen LogP contribution in [0.5, 0.6) is 11.5 Å². The van der Waals surface area contributed by atoms with Crippen molar-refractivity contribution in [2.45, 2.75) is 20.0 Å². The fourth-order valence-electron chi connectivity index (χ4n) is 2.37. The molecule has 0 aliphatic rings. The molecule has 2 rings (SSSR count). The molecule has 1 amide bonds. The molecule has 0 heterocycles. The molecule has 0 fully saturated rings. The third-order valence-electron chi connectivity index (χ3n) is 3.68. The van der Waals surface area contributed by atoms with Gasteiger partial charge in [-0.25, -0.2) is 4.79 Å². The number of carbonyl (C=O) groups is 2. The van der Waals surface area contributed by atoms with E-state index in [1.165, 1.54) is 13.2 Å². The quantitative estimate of drug-likeness (QED) is 0.384. The van der Waals surface area contributed by atoms with Crippen LogP contribution in [0.4, 0.5) is 5.69 Å². The Morgan fingerprint density at radius 2 is 1.87 bits per heavy atom. The van der Waals surface area contributed by atoms with E-state index in [1.54, 1.807) is 56.3 Å². The van der Waals surface area contributed by atoms with Gasteiger partial charge in [-0.3, -0.25) is 4.79 Å². The number of anilines is 1. The minimum Gasteiger partial charge on any atom is -0.493 e. The molecule has 0 saturated carbocycles. The smallest absolute Gasteiger partial charge is 0.344 e. The largest absolute Gasteiger partial charge is 0.493 e. The zero-order valence-corrected chi connectivity index (χ0v) is 17.5. The highest BCUT2D eigenvalue weighted by Crippen LogP contribution is 2.29. The molecule has 0 bridgehead atoms. The van der Waals surface area contributed by atoms with E-state index < -0.39 is 11.9 Å². The second kappa shape index (κ2) is 10.9. The average molecular weight is 429 g/mol. The second-order valence-electron chi connectivity index (χ2n) is 6.37. The molecule has 0 saturated heterocycles. The van der Waals surface area contributed by atoms with Gasteiger partial charge in [0, 0.05) is 10.7 Å². The molecule has 2 aromatic rings. The van der Waals surface area contributed by atoms with Crippen LogP contribution < -0.4 is 14.8 Å². The summed E-state index contributed by atoms with van der Waals surface area (Å²) >= 11 is 5.82. The third kappa shape index (κ3) is 6.83. The molecule has 7 nitrogen and oxygen atoms in total. The van der Waals surface area contributed by atoms with E-state index in [-0.39, 0.29) is 18.3 Å². The number of carbonyl (C=O) groups excluding carboxylic acids is 2. The van der Waals surface area contributed by atoms with E-state index >= 15 is 0 Å². The van der Waals surface area contributed by atoms with Crippen molar-refractivity contribution in [1.82, 2.24) is 0 Å². The number of ether oxygens (including phenoxy) is 3. The molecule has 0 aliphatic carbocycles. The van der Waals surface area contributed by atoms with Gasteiger partial charge in [-0.15, -0.1) is 0 Å². The molecule has 156 valence electrons. The number of nitriles is 1. The van der Waals surface area contributed by atoms with Crippen LogP contribution in [-0.2, 0) is 14.3 Å². The first kappa shape index (κ1) is 22.8. The Balaban J connectivity index is 2.13. The first-order chi connectivity index (χ1) is 14.3. The SMILES string of the molecule is COc1cc(/C=C(/C#N)C(=O)Nc2ccc(Cl)cc2)ccc1OCC(=O)OC(C)C. The van der Waals surface area contributed by atoms with Gasteiger partial charge in [-0.1, -0.05) is 17.7 Å². The Hall–Kier alpha value is -3.50. The van der Waals surface area contributed by atoms with E-state index in [4.69, 9.17) is 25.8 Å². The van der Waals surface area contributed by atoms with Gasteiger partial charge in [0.25, 0.3) is 5.91 Å². The van der Waals surface area contributed by atoms with Gasteiger partial charge in [0.1, 0.15) is 11.6 Å². The molecule has 0 unspecified atom stereocenters. The minimum atomic E-state index is -0.560. The van der Waals surface area contributed by atoms with Gasteiger partial charge >= 0.3 is 5.97 Å². The Bertz CT molecular complexity index is 978. The van der Waals surface area contributed by atoms with Crippen LogP contribution in [0.1, 0.15) is 19.4 Å². The number of benzene rings is 2. The van der Waals surface area contributed by atoms with E-state index in [9.17, 15) is 14.9 Å². The summed E-state index contributed by atoms with van der Waals surface area (Å²) in [5.74, 6) is -0.381. The number of nitrogens with zero attached hydrogens (tertiary/aromatic N) is 1.